The van der Waals surface area contributed by atoms with Crippen LogP contribution in [0.5, 0.6) is 0 Å². The lowest BCUT2D eigenvalue weighted by atomic mass is 10.1. The summed E-state index contributed by atoms with van der Waals surface area (Å²) in [5.41, 5.74) is 1.24. The second kappa shape index (κ2) is 8.69. The minimum Gasteiger partial charge on any atom is -0.332 e. The fourth-order valence-corrected chi connectivity index (χ4v) is 2.83. The molecule has 0 aliphatic carbocycles. The van der Waals surface area contributed by atoms with Crippen molar-refractivity contribution in [3.63, 3.8) is 0 Å². The first-order chi connectivity index (χ1) is 13.4. The topological polar surface area (TPSA) is 33.2 Å². The van der Waals surface area contributed by atoms with E-state index in [1.54, 1.807) is 17.2 Å². The largest absolute Gasteiger partial charge is 0.416 e. The van der Waals surface area contributed by atoms with Crippen molar-refractivity contribution in [1.29, 1.82) is 0 Å². The molecule has 0 N–H and O–H groups in total. The minimum atomic E-state index is -4.43. The average Bonchev–Trinajstić information content (AvgIpc) is 2.71. The van der Waals surface area contributed by atoms with Gasteiger partial charge in [-0.05, 0) is 48.4 Å². The first-order valence-corrected chi connectivity index (χ1v) is 8.84. The SMILES string of the molecule is O=C(c1ccc(C(F)(F)F)cc1)N(CCc1ccccc1)Cc1ccccn1. The minimum absolute atomic E-state index is 0.219. The maximum absolute atomic E-state index is 12.9. The number of nitrogens with zero attached hydrogens (tertiary/aromatic N) is 2. The van der Waals surface area contributed by atoms with Crippen LogP contribution in [0.25, 0.3) is 0 Å². The predicted molar refractivity (Wildman–Crippen MR) is 101 cm³/mol. The Hall–Kier alpha value is -3.15. The van der Waals surface area contributed by atoms with E-state index < -0.39 is 11.7 Å². The zero-order chi connectivity index (χ0) is 20.0. The molecule has 28 heavy (non-hydrogen) atoms. The summed E-state index contributed by atoms with van der Waals surface area (Å²) in [6.45, 7) is 0.716. The van der Waals surface area contributed by atoms with Gasteiger partial charge in [-0.3, -0.25) is 9.78 Å². The number of hydrogen-bond donors (Lipinski definition) is 0. The molecule has 1 aromatic heterocycles. The second-order valence-corrected chi connectivity index (χ2v) is 6.36. The molecule has 1 heterocycles. The van der Waals surface area contributed by atoms with E-state index in [1.165, 1.54) is 12.1 Å². The van der Waals surface area contributed by atoms with Crippen molar-refractivity contribution < 1.29 is 18.0 Å². The first kappa shape index (κ1) is 19.6. The van der Waals surface area contributed by atoms with Crippen LogP contribution in [0.1, 0.15) is 27.2 Å². The molecule has 0 aliphatic heterocycles. The number of alkyl halides is 3. The number of pyridine rings is 1. The van der Waals surface area contributed by atoms with E-state index in [0.717, 1.165) is 23.4 Å². The van der Waals surface area contributed by atoms with Gasteiger partial charge in [0.25, 0.3) is 5.91 Å². The van der Waals surface area contributed by atoms with Crippen molar-refractivity contribution in [2.24, 2.45) is 0 Å². The molecule has 0 radical (unpaired) electrons. The third-order valence-corrected chi connectivity index (χ3v) is 4.34. The fourth-order valence-electron chi connectivity index (χ4n) is 2.83. The van der Waals surface area contributed by atoms with Gasteiger partial charge in [-0.1, -0.05) is 36.4 Å². The van der Waals surface area contributed by atoms with Crippen molar-refractivity contribution in [1.82, 2.24) is 9.88 Å². The molecule has 0 bridgehead atoms. The highest BCUT2D eigenvalue weighted by molar-refractivity contribution is 5.94. The lowest BCUT2D eigenvalue weighted by molar-refractivity contribution is -0.137. The van der Waals surface area contributed by atoms with Crippen LogP contribution in [0.4, 0.5) is 13.2 Å². The number of benzene rings is 2. The number of carbonyl (C=O) groups excluding carboxylic acids is 1. The van der Waals surface area contributed by atoms with Gasteiger partial charge in [-0.15, -0.1) is 0 Å². The Morgan fingerprint density at radius 1 is 0.893 bits per heavy atom. The summed E-state index contributed by atoms with van der Waals surface area (Å²) in [5.74, 6) is -0.324. The van der Waals surface area contributed by atoms with Gasteiger partial charge in [0.15, 0.2) is 0 Å². The first-order valence-electron chi connectivity index (χ1n) is 8.84. The monoisotopic (exact) mass is 384 g/mol. The molecule has 3 rings (SSSR count). The maximum Gasteiger partial charge on any atom is 0.416 e. The van der Waals surface area contributed by atoms with Crippen LogP contribution in [0, 0.1) is 0 Å². The Bertz CT molecular complexity index is 895. The highest BCUT2D eigenvalue weighted by Crippen LogP contribution is 2.29. The van der Waals surface area contributed by atoms with Crippen molar-refractivity contribution in [3.05, 3.63) is 101 Å². The molecule has 0 spiro atoms. The average molecular weight is 384 g/mol. The Balaban J connectivity index is 1.79. The van der Waals surface area contributed by atoms with Gasteiger partial charge in [0.05, 0.1) is 17.8 Å². The summed E-state index contributed by atoms with van der Waals surface area (Å²) in [6, 6.07) is 19.5. The van der Waals surface area contributed by atoms with Gasteiger partial charge < -0.3 is 4.90 Å². The zero-order valence-electron chi connectivity index (χ0n) is 15.1. The van der Waals surface area contributed by atoms with E-state index in [1.807, 2.05) is 42.5 Å². The lowest BCUT2D eigenvalue weighted by Gasteiger charge is -2.23. The molecule has 2 aromatic carbocycles. The summed E-state index contributed by atoms with van der Waals surface area (Å²) in [5, 5.41) is 0. The van der Waals surface area contributed by atoms with E-state index in [2.05, 4.69) is 4.98 Å². The van der Waals surface area contributed by atoms with Gasteiger partial charge in [0, 0.05) is 18.3 Å². The van der Waals surface area contributed by atoms with Crippen LogP contribution in [0.3, 0.4) is 0 Å². The number of rotatable bonds is 6. The van der Waals surface area contributed by atoms with E-state index in [-0.39, 0.29) is 18.0 Å². The molecular weight excluding hydrogens is 365 g/mol. The van der Waals surface area contributed by atoms with Crippen molar-refractivity contribution in [2.75, 3.05) is 6.54 Å². The van der Waals surface area contributed by atoms with Gasteiger partial charge in [0.2, 0.25) is 0 Å². The molecule has 3 nitrogen and oxygen atoms in total. The van der Waals surface area contributed by atoms with Crippen molar-refractivity contribution in [3.8, 4) is 0 Å². The van der Waals surface area contributed by atoms with E-state index >= 15 is 0 Å². The lowest BCUT2D eigenvalue weighted by Crippen LogP contribution is -2.32. The molecule has 0 unspecified atom stereocenters. The predicted octanol–water partition coefficient (Wildman–Crippen LogP) is 4.99. The van der Waals surface area contributed by atoms with Crippen LogP contribution in [0.15, 0.2) is 79.0 Å². The smallest absolute Gasteiger partial charge is 0.332 e. The molecule has 0 atom stereocenters. The van der Waals surface area contributed by atoms with Crippen LogP contribution in [0.2, 0.25) is 0 Å². The summed E-state index contributed by atoms with van der Waals surface area (Å²) in [4.78, 5) is 18.8. The number of hydrogen-bond acceptors (Lipinski definition) is 2. The number of aromatic nitrogens is 1. The standard InChI is InChI=1S/C22H19F3N2O/c23-22(24,25)19-11-9-18(10-12-19)21(28)27(16-20-8-4-5-14-26-20)15-13-17-6-2-1-3-7-17/h1-12,14H,13,15-16H2. The van der Waals surface area contributed by atoms with E-state index in [4.69, 9.17) is 0 Å². The molecule has 6 heteroatoms. The third kappa shape index (κ3) is 5.19. The Morgan fingerprint density at radius 3 is 2.18 bits per heavy atom. The molecule has 0 saturated carbocycles. The number of carbonyl (C=O) groups is 1. The van der Waals surface area contributed by atoms with Gasteiger partial charge in [-0.2, -0.15) is 13.2 Å². The van der Waals surface area contributed by atoms with Crippen molar-refractivity contribution >= 4 is 5.91 Å². The molecule has 0 aliphatic rings. The quantitative estimate of drug-likeness (QED) is 0.600. The van der Waals surface area contributed by atoms with Crippen LogP contribution < -0.4 is 0 Å². The Labute approximate surface area is 161 Å². The third-order valence-electron chi connectivity index (χ3n) is 4.34. The molecule has 0 saturated heterocycles. The van der Waals surface area contributed by atoms with E-state index in [9.17, 15) is 18.0 Å². The highest BCUT2D eigenvalue weighted by Gasteiger charge is 2.30. The molecule has 144 valence electrons. The highest BCUT2D eigenvalue weighted by atomic mass is 19.4. The maximum atomic E-state index is 12.9. The Morgan fingerprint density at radius 2 is 1.57 bits per heavy atom. The number of halogens is 3. The summed E-state index contributed by atoms with van der Waals surface area (Å²) in [7, 11) is 0. The zero-order valence-corrected chi connectivity index (χ0v) is 15.1. The summed E-state index contributed by atoms with van der Waals surface area (Å²) in [6.07, 6.45) is -2.14. The molecule has 0 fully saturated rings. The van der Waals surface area contributed by atoms with Crippen LogP contribution in [-0.4, -0.2) is 22.3 Å². The van der Waals surface area contributed by atoms with E-state index in [0.29, 0.717) is 13.0 Å². The fraction of sp³-hybridized carbons (Fsp3) is 0.182. The molecule has 1 amide bonds. The Kier molecular flexibility index (Phi) is 6.09. The van der Waals surface area contributed by atoms with Crippen molar-refractivity contribution in [2.45, 2.75) is 19.1 Å². The van der Waals surface area contributed by atoms with Gasteiger partial charge in [0.1, 0.15) is 0 Å². The van der Waals surface area contributed by atoms with Gasteiger partial charge in [-0.25, -0.2) is 0 Å². The van der Waals surface area contributed by atoms with Crippen LogP contribution in [-0.2, 0) is 19.1 Å². The molecular formula is C22H19F3N2O. The summed E-state index contributed by atoms with van der Waals surface area (Å²) >= 11 is 0. The molecule has 3 aromatic rings. The summed E-state index contributed by atoms with van der Waals surface area (Å²) < 4.78 is 38.3. The number of amides is 1. The normalized spacial score (nSPS) is 11.2. The second-order valence-electron chi connectivity index (χ2n) is 6.36. The van der Waals surface area contributed by atoms with Crippen LogP contribution >= 0.6 is 0 Å². The van der Waals surface area contributed by atoms with Gasteiger partial charge >= 0.3 is 6.18 Å².